The van der Waals surface area contributed by atoms with Crippen LogP contribution in [-0.4, -0.2) is 28.5 Å². The molecule has 0 bridgehead atoms. The summed E-state index contributed by atoms with van der Waals surface area (Å²) in [6, 6.07) is 0.693. The van der Waals surface area contributed by atoms with Crippen LogP contribution < -0.4 is 5.32 Å². The third-order valence-electron chi connectivity index (χ3n) is 3.76. The second-order valence-corrected chi connectivity index (χ2v) is 6.75. The highest BCUT2D eigenvalue weighted by atomic mass is 32.2. The third-order valence-corrected chi connectivity index (χ3v) is 5.51. The molecule has 1 aliphatic heterocycles. The molecule has 1 saturated heterocycles. The Hall–Kier alpha value is -0.550. The van der Waals surface area contributed by atoms with Crippen LogP contribution in [0.4, 0.5) is 0 Å². The summed E-state index contributed by atoms with van der Waals surface area (Å²) in [4.78, 5) is 8.97. The van der Waals surface area contributed by atoms with E-state index < -0.39 is 0 Å². The van der Waals surface area contributed by atoms with Gasteiger partial charge in [-0.15, -0.1) is 11.3 Å². The zero-order valence-corrected chi connectivity index (χ0v) is 12.1. The number of nitrogens with one attached hydrogen (secondary N) is 1. The second kappa shape index (κ2) is 6.06. The summed E-state index contributed by atoms with van der Waals surface area (Å²) in [5, 5.41) is 6.90. The Kier molecular flexibility index (Phi) is 4.20. The Bertz CT molecular complexity index is 402. The first-order valence-electron chi connectivity index (χ1n) is 6.72. The first-order valence-corrected chi connectivity index (χ1v) is 8.65. The maximum absolute atomic E-state index is 4.68. The van der Waals surface area contributed by atoms with Crippen LogP contribution in [0.2, 0.25) is 0 Å². The number of thiazole rings is 1. The summed E-state index contributed by atoms with van der Waals surface area (Å²) < 4.78 is 0. The van der Waals surface area contributed by atoms with Gasteiger partial charge < -0.3 is 5.32 Å². The van der Waals surface area contributed by atoms with Gasteiger partial charge in [0, 0.05) is 30.1 Å². The lowest BCUT2D eigenvalue weighted by Crippen LogP contribution is -2.46. The van der Waals surface area contributed by atoms with E-state index in [1.165, 1.54) is 37.1 Å². The van der Waals surface area contributed by atoms with Crippen LogP contribution in [0.5, 0.6) is 0 Å². The number of hydrogen-bond acceptors (Lipinski definition) is 4. The minimum atomic E-state index is 0.693. The lowest BCUT2D eigenvalue weighted by atomic mass is 9.86. The van der Waals surface area contributed by atoms with Crippen LogP contribution in [0.1, 0.15) is 31.4 Å². The molecule has 1 N–H and O–H groups in total. The van der Waals surface area contributed by atoms with Crippen molar-refractivity contribution in [2.75, 3.05) is 12.3 Å². The molecule has 18 heavy (non-hydrogen) atoms. The molecular weight excluding hydrogens is 262 g/mol. The second-order valence-electron chi connectivity index (χ2n) is 5.02. The van der Waals surface area contributed by atoms with Gasteiger partial charge in [0.25, 0.3) is 0 Å². The SMILES string of the molecule is c1nc(CCN=C2NC3CCCCC3CS2)cs1. The Morgan fingerprint density at radius 3 is 3.22 bits per heavy atom. The van der Waals surface area contributed by atoms with Crippen molar-refractivity contribution >= 4 is 28.3 Å². The Morgan fingerprint density at radius 2 is 2.33 bits per heavy atom. The number of nitrogens with zero attached hydrogens (tertiary/aromatic N) is 2. The third kappa shape index (κ3) is 3.06. The molecule has 1 aromatic rings. The number of hydrogen-bond donors (Lipinski definition) is 1. The van der Waals surface area contributed by atoms with Crippen molar-refractivity contribution in [2.24, 2.45) is 10.9 Å². The van der Waals surface area contributed by atoms with E-state index in [0.717, 1.165) is 24.1 Å². The van der Waals surface area contributed by atoms with Crippen molar-refractivity contribution in [3.8, 4) is 0 Å². The molecule has 0 aromatic carbocycles. The highest BCUT2D eigenvalue weighted by Gasteiger charge is 2.29. The molecule has 2 unspecified atom stereocenters. The van der Waals surface area contributed by atoms with Gasteiger partial charge in [0.05, 0.1) is 11.2 Å². The average molecular weight is 281 g/mol. The van der Waals surface area contributed by atoms with E-state index in [9.17, 15) is 0 Å². The topological polar surface area (TPSA) is 37.3 Å². The fraction of sp³-hybridized carbons (Fsp3) is 0.692. The molecule has 0 radical (unpaired) electrons. The number of thioether (sulfide) groups is 1. The zero-order valence-electron chi connectivity index (χ0n) is 10.5. The smallest absolute Gasteiger partial charge is 0.156 e. The standard InChI is InChI=1S/C13H19N3S2/c1-2-4-12-10(3-1)7-18-13(16-12)14-6-5-11-8-17-9-15-11/h8-10,12H,1-7H2,(H,14,16). The minimum Gasteiger partial charge on any atom is -0.362 e. The number of aliphatic imine (C=N–C) groups is 1. The summed E-state index contributed by atoms with van der Waals surface area (Å²) in [7, 11) is 0. The monoisotopic (exact) mass is 281 g/mol. The molecule has 1 saturated carbocycles. The molecule has 2 atom stereocenters. The van der Waals surface area contributed by atoms with Gasteiger partial charge in [-0.25, -0.2) is 4.98 Å². The summed E-state index contributed by atoms with van der Waals surface area (Å²) >= 11 is 3.57. The Morgan fingerprint density at radius 1 is 1.39 bits per heavy atom. The Labute approximate surface area is 116 Å². The van der Waals surface area contributed by atoms with Crippen molar-refractivity contribution in [3.63, 3.8) is 0 Å². The number of rotatable bonds is 3. The molecule has 5 heteroatoms. The van der Waals surface area contributed by atoms with E-state index in [2.05, 4.69) is 20.7 Å². The average Bonchev–Trinajstić information content (AvgIpc) is 2.92. The molecule has 2 heterocycles. The molecule has 3 nitrogen and oxygen atoms in total. The van der Waals surface area contributed by atoms with Gasteiger partial charge in [-0.3, -0.25) is 4.99 Å². The molecule has 1 aromatic heterocycles. The molecule has 0 spiro atoms. The quantitative estimate of drug-likeness (QED) is 0.925. The van der Waals surface area contributed by atoms with Crippen molar-refractivity contribution < 1.29 is 0 Å². The van der Waals surface area contributed by atoms with Gasteiger partial charge in [0.2, 0.25) is 0 Å². The largest absolute Gasteiger partial charge is 0.362 e. The van der Waals surface area contributed by atoms with Gasteiger partial charge in [0.15, 0.2) is 5.17 Å². The first kappa shape index (κ1) is 12.5. The van der Waals surface area contributed by atoms with Crippen LogP contribution in [0, 0.1) is 5.92 Å². The van der Waals surface area contributed by atoms with Gasteiger partial charge in [-0.05, 0) is 18.8 Å². The number of fused-ring (bicyclic) bond motifs is 1. The molecule has 0 amide bonds. The molecule has 1 aliphatic carbocycles. The summed E-state index contributed by atoms with van der Waals surface area (Å²) in [6.07, 6.45) is 6.49. The van der Waals surface area contributed by atoms with Crippen molar-refractivity contribution in [1.82, 2.24) is 10.3 Å². The van der Waals surface area contributed by atoms with Crippen LogP contribution in [0.25, 0.3) is 0 Å². The first-order chi connectivity index (χ1) is 8.92. The highest BCUT2D eigenvalue weighted by molar-refractivity contribution is 8.13. The maximum Gasteiger partial charge on any atom is 0.156 e. The van der Waals surface area contributed by atoms with Crippen LogP contribution >= 0.6 is 23.1 Å². The normalized spacial score (nSPS) is 29.9. The van der Waals surface area contributed by atoms with Crippen molar-refractivity contribution in [1.29, 1.82) is 0 Å². The van der Waals surface area contributed by atoms with Gasteiger partial charge in [-0.1, -0.05) is 24.6 Å². The predicted molar refractivity (Wildman–Crippen MR) is 79.5 cm³/mol. The molecule has 98 valence electrons. The number of amidine groups is 1. The van der Waals surface area contributed by atoms with Crippen molar-refractivity contribution in [2.45, 2.75) is 38.1 Å². The summed E-state index contributed by atoms with van der Waals surface area (Å²) in [6.45, 7) is 0.858. The van der Waals surface area contributed by atoms with Crippen molar-refractivity contribution in [3.05, 3.63) is 16.6 Å². The van der Waals surface area contributed by atoms with E-state index in [0.29, 0.717) is 6.04 Å². The zero-order chi connectivity index (χ0) is 12.2. The van der Waals surface area contributed by atoms with Crippen LogP contribution in [-0.2, 0) is 6.42 Å². The van der Waals surface area contributed by atoms with E-state index in [4.69, 9.17) is 0 Å². The lowest BCUT2D eigenvalue weighted by molar-refractivity contribution is 0.311. The van der Waals surface area contributed by atoms with Gasteiger partial charge >= 0.3 is 0 Å². The van der Waals surface area contributed by atoms with Crippen LogP contribution in [0.15, 0.2) is 15.9 Å². The van der Waals surface area contributed by atoms with Gasteiger partial charge in [0.1, 0.15) is 0 Å². The minimum absolute atomic E-state index is 0.693. The molecule has 3 rings (SSSR count). The molecule has 2 fully saturated rings. The Balaban J connectivity index is 1.50. The fourth-order valence-electron chi connectivity index (χ4n) is 2.71. The maximum atomic E-state index is 4.68. The highest BCUT2D eigenvalue weighted by Crippen LogP contribution is 2.31. The molecule has 2 aliphatic rings. The lowest BCUT2D eigenvalue weighted by Gasteiger charge is -2.36. The summed E-state index contributed by atoms with van der Waals surface area (Å²) in [5.74, 6) is 2.13. The van der Waals surface area contributed by atoms with E-state index in [1.54, 1.807) is 11.3 Å². The van der Waals surface area contributed by atoms with E-state index in [1.807, 2.05) is 17.3 Å². The predicted octanol–water partition coefficient (Wildman–Crippen LogP) is 2.94. The van der Waals surface area contributed by atoms with Crippen LogP contribution in [0.3, 0.4) is 0 Å². The fourth-order valence-corrected chi connectivity index (χ4v) is 4.49. The number of aromatic nitrogens is 1. The molecular formula is C13H19N3S2. The van der Waals surface area contributed by atoms with E-state index >= 15 is 0 Å². The summed E-state index contributed by atoms with van der Waals surface area (Å²) in [5.41, 5.74) is 3.06. The van der Waals surface area contributed by atoms with E-state index in [-0.39, 0.29) is 0 Å². The van der Waals surface area contributed by atoms with Gasteiger partial charge in [-0.2, -0.15) is 0 Å².